The van der Waals surface area contributed by atoms with Gasteiger partial charge in [0.05, 0.1) is 6.10 Å². The van der Waals surface area contributed by atoms with E-state index in [1.807, 2.05) is 13.8 Å². The predicted molar refractivity (Wildman–Crippen MR) is 44.2 cm³/mol. The first-order chi connectivity index (χ1) is 6.55. The van der Waals surface area contributed by atoms with E-state index < -0.39 is 12.1 Å². The van der Waals surface area contributed by atoms with Crippen molar-refractivity contribution < 1.29 is 24.1 Å². The first-order valence-electron chi connectivity index (χ1n) is 4.90. The van der Waals surface area contributed by atoms with E-state index in [1.54, 1.807) is 0 Å². The molecule has 5 nitrogen and oxygen atoms in total. The lowest BCUT2D eigenvalue weighted by molar-refractivity contribution is -0.210. The third-order valence-corrected chi connectivity index (χ3v) is 2.84. The van der Waals surface area contributed by atoms with Gasteiger partial charge in [-0.1, -0.05) is 0 Å². The smallest absolute Gasteiger partial charge is 0.190 e. The topological polar surface area (TPSA) is 57.2 Å². The third kappa shape index (κ3) is 1.20. The first-order valence-corrected chi connectivity index (χ1v) is 4.90. The Hall–Kier alpha value is -0.200. The molecule has 14 heavy (non-hydrogen) atoms. The summed E-state index contributed by atoms with van der Waals surface area (Å²) in [5, 5.41) is 9.29. The lowest BCUT2D eigenvalue weighted by atomic mass is 10.1. The summed E-state index contributed by atoms with van der Waals surface area (Å²) in [7, 11) is 0. The highest BCUT2D eigenvalue weighted by atomic mass is 16.8. The fraction of sp³-hybridized carbons (Fsp3) is 1.00. The standard InChI is InChI=1S/C9H14O5/c1-9(2)13-7-6-4(3-5(10)12-6)11-8(7)14-9/h4-8,10H,3H2,1-2H3/t4?,5?,6-,7+,8+/m0/s1. The summed E-state index contributed by atoms with van der Waals surface area (Å²) < 4.78 is 22.1. The molecule has 2 unspecified atom stereocenters. The Morgan fingerprint density at radius 3 is 2.71 bits per heavy atom. The van der Waals surface area contributed by atoms with Gasteiger partial charge in [-0.15, -0.1) is 0 Å². The van der Waals surface area contributed by atoms with Crippen molar-refractivity contribution in [3.05, 3.63) is 0 Å². The summed E-state index contributed by atoms with van der Waals surface area (Å²) >= 11 is 0. The van der Waals surface area contributed by atoms with Crippen molar-refractivity contribution in [2.75, 3.05) is 0 Å². The summed E-state index contributed by atoms with van der Waals surface area (Å²) in [5.74, 6) is -0.614. The molecule has 0 spiro atoms. The third-order valence-electron chi connectivity index (χ3n) is 2.84. The summed E-state index contributed by atoms with van der Waals surface area (Å²) in [4.78, 5) is 0. The van der Waals surface area contributed by atoms with Gasteiger partial charge >= 0.3 is 0 Å². The van der Waals surface area contributed by atoms with Gasteiger partial charge in [0.25, 0.3) is 0 Å². The number of hydrogen-bond donors (Lipinski definition) is 1. The van der Waals surface area contributed by atoms with E-state index in [0.717, 1.165) is 0 Å². The summed E-state index contributed by atoms with van der Waals surface area (Å²) in [5.41, 5.74) is 0. The number of rotatable bonds is 0. The van der Waals surface area contributed by atoms with Crippen LogP contribution in [0.1, 0.15) is 20.3 Å². The zero-order chi connectivity index (χ0) is 9.92. The molecule has 0 aliphatic carbocycles. The Balaban J connectivity index is 1.78. The monoisotopic (exact) mass is 202 g/mol. The molecule has 3 fully saturated rings. The van der Waals surface area contributed by atoms with E-state index in [9.17, 15) is 5.11 Å². The zero-order valence-electron chi connectivity index (χ0n) is 8.17. The Kier molecular flexibility index (Phi) is 1.73. The minimum Gasteiger partial charge on any atom is -0.368 e. The predicted octanol–water partition coefficient (Wildman–Crippen LogP) is -0.0299. The van der Waals surface area contributed by atoms with Crippen molar-refractivity contribution in [3.8, 4) is 0 Å². The highest BCUT2D eigenvalue weighted by Gasteiger charge is 2.58. The molecule has 1 N–H and O–H groups in total. The van der Waals surface area contributed by atoms with Crippen molar-refractivity contribution in [1.29, 1.82) is 0 Å². The molecule has 3 aliphatic heterocycles. The van der Waals surface area contributed by atoms with Crippen molar-refractivity contribution in [2.45, 2.75) is 56.9 Å². The Morgan fingerprint density at radius 1 is 1.14 bits per heavy atom. The molecule has 3 aliphatic rings. The summed E-state index contributed by atoms with van der Waals surface area (Å²) in [6.07, 6.45) is -1.03. The largest absolute Gasteiger partial charge is 0.368 e. The fourth-order valence-electron chi connectivity index (χ4n) is 2.34. The van der Waals surface area contributed by atoms with Gasteiger partial charge in [-0.3, -0.25) is 0 Å². The molecule has 0 aromatic rings. The molecule has 0 aromatic carbocycles. The van der Waals surface area contributed by atoms with Crippen LogP contribution in [0.15, 0.2) is 0 Å². The Labute approximate surface area is 81.9 Å². The van der Waals surface area contributed by atoms with E-state index in [1.165, 1.54) is 0 Å². The van der Waals surface area contributed by atoms with Crippen LogP contribution >= 0.6 is 0 Å². The molecule has 80 valence electrons. The van der Waals surface area contributed by atoms with E-state index in [2.05, 4.69) is 0 Å². The van der Waals surface area contributed by atoms with Gasteiger partial charge < -0.3 is 24.1 Å². The van der Waals surface area contributed by atoms with E-state index in [0.29, 0.717) is 6.42 Å². The molecular formula is C9H14O5. The van der Waals surface area contributed by atoms with E-state index in [4.69, 9.17) is 18.9 Å². The van der Waals surface area contributed by atoms with Crippen molar-refractivity contribution in [1.82, 2.24) is 0 Å². The van der Waals surface area contributed by atoms with E-state index in [-0.39, 0.29) is 24.6 Å². The second-order valence-electron chi connectivity index (χ2n) is 4.43. The highest BCUT2D eigenvalue weighted by molar-refractivity contribution is 4.97. The molecular weight excluding hydrogens is 188 g/mol. The molecule has 3 rings (SSSR count). The average Bonchev–Trinajstić information content (AvgIpc) is 2.58. The van der Waals surface area contributed by atoms with Crippen LogP contribution in [0, 0.1) is 0 Å². The van der Waals surface area contributed by atoms with Crippen LogP contribution in [-0.4, -0.2) is 41.8 Å². The van der Waals surface area contributed by atoms with Crippen LogP contribution in [0.3, 0.4) is 0 Å². The van der Waals surface area contributed by atoms with Gasteiger partial charge in [0.15, 0.2) is 18.4 Å². The molecule has 3 heterocycles. The molecule has 0 aromatic heterocycles. The Bertz CT molecular complexity index is 254. The first kappa shape index (κ1) is 9.06. The molecule has 0 bridgehead atoms. The van der Waals surface area contributed by atoms with Gasteiger partial charge in [-0.2, -0.15) is 0 Å². The minimum absolute atomic E-state index is 0.0869. The maximum Gasteiger partial charge on any atom is 0.190 e. The fourth-order valence-corrected chi connectivity index (χ4v) is 2.34. The van der Waals surface area contributed by atoms with Gasteiger partial charge in [-0.05, 0) is 13.8 Å². The van der Waals surface area contributed by atoms with Crippen LogP contribution in [0.2, 0.25) is 0 Å². The van der Waals surface area contributed by atoms with Crippen molar-refractivity contribution in [3.63, 3.8) is 0 Å². The maximum absolute atomic E-state index is 9.29. The number of fused-ring (bicyclic) bond motifs is 3. The molecule has 0 amide bonds. The van der Waals surface area contributed by atoms with Crippen LogP contribution in [0.4, 0.5) is 0 Å². The quantitative estimate of drug-likeness (QED) is 0.597. The second kappa shape index (κ2) is 2.68. The van der Waals surface area contributed by atoms with Gasteiger partial charge in [0.2, 0.25) is 0 Å². The maximum atomic E-state index is 9.29. The Morgan fingerprint density at radius 2 is 1.93 bits per heavy atom. The minimum atomic E-state index is -0.724. The average molecular weight is 202 g/mol. The van der Waals surface area contributed by atoms with Crippen LogP contribution in [0.25, 0.3) is 0 Å². The van der Waals surface area contributed by atoms with Crippen LogP contribution < -0.4 is 0 Å². The molecule has 5 atom stereocenters. The molecule has 0 saturated carbocycles. The van der Waals surface area contributed by atoms with Crippen LogP contribution in [-0.2, 0) is 18.9 Å². The van der Waals surface area contributed by atoms with E-state index >= 15 is 0 Å². The number of hydrogen-bond acceptors (Lipinski definition) is 5. The lowest BCUT2D eigenvalue weighted by Crippen LogP contribution is -2.32. The van der Waals surface area contributed by atoms with Crippen LogP contribution in [0.5, 0.6) is 0 Å². The van der Waals surface area contributed by atoms with Gasteiger partial charge in [0, 0.05) is 6.42 Å². The van der Waals surface area contributed by atoms with Crippen molar-refractivity contribution in [2.24, 2.45) is 0 Å². The molecule has 5 heteroatoms. The summed E-state index contributed by atoms with van der Waals surface area (Å²) in [6, 6.07) is 0. The summed E-state index contributed by atoms with van der Waals surface area (Å²) in [6.45, 7) is 3.68. The van der Waals surface area contributed by atoms with Gasteiger partial charge in [0.1, 0.15) is 12.2 Å². The zero-order valence-corrected chi connectivity index (χ0v) is 8.17. The highest BCUT2D eigenvalue weighted by Crippen LogP contribution is 2.42. The SMILES string of the molecule is CC1(C)O[C@H]2OC3CC(O)O[C@@H]3[C@H]2O1. The number of aliphatic hydroxyl groups excluding tert-OH is 1. The number of ether oxygens (including phenoxy) is 4. The van der Waals surface area contributed by atoms with Crippen molar-refractivity contribution >= 4 is 0 Å². The number of aliphatic hydroxyl groups is 1. The lowest BCUT2D eigenvalue weighted by Gasteiger charge is -2.20. The normalized spacial score (nSPS) is 54.6. The molecule has 3 saturated heterocycles. The molecule has 0 radical (unpaired) electrons. The van der Waals surface area contributed by atoms with Gasteiger partial charge in [-0.25, -0.2) is 0 Å². The second-order valence-corrected chi connectivity index (χ2v) is 4.43.